The summed E-state index contributed by atoms with van der Waals surface area (Å²) in [6.45, 7) is 9.44. The number of thiazole rings is 1. The zero-order chi connectivity index (χ0) is 9.19. The maximum Gasteiger partial charge on any atom is 0.107 e. The third-order valence-corrected chi connectivity index (χ3v) is 2.35. The Morgan fingerprint density at radius 1 is 1.50 bits per heavy atom. The first-order chi connectivity index (χ1) is 5.47. The molecule has 68 valence electrons. The van der Waals surface area contributed by atoms with E-state index in [1.54, 1.807) is 11.3 Å². The molecule has 0 aliphatic rings. The molecular weight excluding hydrogens is 168 g/mol. The van der Waals surface area contributed by atoms with E-state index < -0.39 is 0 Å². The number of nitrogens with zero attached hydrogens (tertiary/aromatic N) is 1. The summed E-state index contributed by atoms with van der Waals surface area (Å²) in [5, 5.41) is 4.57. The Morgan fingerprint density at radius 2 is 2.17 bits per heavy atom. The fourth-order valence-corrected chi connectivity index (χ4v) is 1.55. The average Bonchev–Trinajstić information content (AvgIpc) is 2.30. The highest BCUT2D eigenvalue weighted by atomic mass is 32.1. The molecule has 1 N–H and O–H groups in total. The summed E-state index contributed by atoms with van der Waals surface area (Å²) < 4.78 is 0. The normalized spacial score (nSPS) is 12.0. The van der Waals surface area contributed by atoms with E-state index in [1.165, 1.54) is 9.88 Å². The Bertz CT molecular complexity index is 247. The van der Waals surface area contributed by atoms with E-state index >= 15 is 0 Å². The first-order valence-corrected chi connectivity index (χ1v) is 4.95. The number of rotatable bonds is 2. The third kappa shape index (κ3) is 3.32. The predicted octanol–water partition coefficient (Wildman–Crippen LogP) is 2.34. The van der Waals surface area contributed by atoms with Crippen LogP contribution in [0, 0.1) is 6.92 Å². The van der Waals surface area contributed by atoms with E-state index in [1.807, 2.05) is 6.20 Å². The minimum absolute atomic E-state index is 0.180. The van der Waals surface area contributed by atoms with Gasteiger partial charge in [-0.05, 0) is 27.7 Å². The second kappa shape index (κ2) is 3.54. The van der Waals surface area contributed by atoms with Gasteiger partial charge in [0.15, 0.2) is 0 Å². The number of aromatic nitrogens is 1. The van der Waals surface area contributed by atoms with Crippen LogP contribution in [0.4, 0.5) is 0 Å². The first kappa shape index (κ1) is 9.68. The monoisotopic (exact) mass is 184 g/mol. The van der Waals surface area contributed by atoms with E-state index in [0.29, 0.717) is 0 Å². The van der Waals surface area contributed by atoms with Gasteiger partial charge in [-0.15, -0.1) is 11.3 Å². The predicted molar refractivity (Wildman–Crippen MR) is 53.4 cm³/mol. The Labute approximate surface area is 78.0 Å². The Morgan fingerprint density at radius 3 is 2.58 bits per heavy atom. The highest BCUT2D eigenvalue weighted by Crippen LogP contribution is 2.11. The summed E-state index contributed by atoms with van der Waals surface area (Å²) in [5.41, 5.74) is 0.180. The standard InChI is InChI=1S/C9H16N2S/c1-7-5-10-8(12-7)6-11-9(2,3)4/h5,11H,6H2,1-4H3. The summed E-state index contributed by atoms with van der Waals surface area (Å²) in [5.74, 6) is 0. The molecule has 0 radical (unpaired) electrons. The number of hydrogen-bond acceptors (Lipinski definition) is 3. The van der Waals surface area contributed by atoms with Crippen LogP contribution in [0.2, 0.25) is 0 Å². The Kier molecular flexibility index (Phi) is 2.85. The molecule has 12 heavy (non-hydrogen) atoms. The van der Waals surface area contributed by atoms with Crippen LogP contribution in [-0.4, -0.2) is 10.5 Å². The second-order valence-corrected chi connectivity index (χ2v) is 5.29. The van der Waals surface area contributed by atoms with Crippen LogP contribution in [-0.2, 0) is 6.54 Å². The number of aryl methyl sites for hydroxylation is 1. The zero-order valence-corrected chi connectivity index (χ0v) is 8.96. The summed E-state index contributed by atoms with van der Waals surface area (Å²) >= 11 is 1.75. The van der Waals surface area contributed by atoms with Crippen LogP contribution in [0.1, 0.15) is 30.7 Å². The number of hydrogen-bond donors (Lipinski definition) is 1. The molecule has 0 amide bonds. The van der Waals surface area contributed by atoms with Gasteiger partial charge in [-0.2, -0.15) is 0 Å². The van der Waals surface area contributed by atoms with Gasteiger partial charge in [0, 0.05) is 23.2 Å². The minimum atomic E-state index is 0.180. The van der Waals surface area contributed by atoms with E-state index in [4.69, 9.17) is 0 Å². The third-order valence-electron chi connectivity index (χ3n) is 1.44. The molecule has 0 aromatic carbocycles. The smallest absolute Gasteiger partial charge is 0.107 e. The van der Waals surface area contributed by atoms with E-state index in [9.17, 15) is 0 Å². The maximum absolute atomic E-state index is 4.27. The average molecular weight is 184 g/mol. The fraction of sp³-hybridized carbons (Fsp3) is 0.667. The summed E-state index contributed by atoms with van der Waals surface area (Å²) in [4.78, 5) is 5.55. The van der Waals surface area contributed by atoms with Crippen molar-refractivity contribution in [3.05, 3.63) is 16.1 Å². The van der Waals surface area contributed by atoms with E-state index in [-0.39, 0.29) is 5.54 Å². The highest BCUT2D eigenvalue weighted by Gasteiger charge is 2.09. The molecule has 0 unspecified atom stereocenters. The summed E-state index contributed by atoms with van der Waals surface area (Å²) in [6, 6.07) is 0. The van der Waals surface area contributed by atoms with Crippen molar-refractivity contribution in [2.75, 3.05) is 0 Å². The van der Waals surface area contributed by atoms with Gasteiger partial charge in [-0.3, -0.25) is 0 Å². The lowest BCUT2D eigenvalue weighted by molar-refractivity contribution is 0.424. The van der Waals surface area contributed by atoms with Gasteiger partial charge in [0.2, 0.25) is 0 Å². The van der Waals surface area contributed by atoms with Crippen molar-refractivity contribution >= 4 is 11.3 Å². The van der Waals surface area contributed by atoms with Gasteiger partial charge >= 0.3 is 0 Å². The highest BCUT2D eigenvalue weighted by molar-refractivity contribution is 7.11. The van der Waals surface area contributed by atoms with Gasteiger partial charge in [0.05, 0.1) is 0 Å². The van der Waals surface area contributed by atoms with Gasteiger partial charge in [-0.1, -0.05) is 0 Å². The lowest BCUT2D eigenvalue weighted by atomic mass is 10.1. The molecule has 0 fully saturated rings. The van der Waals surface area contributed by atoms with Gasteiger partial charge in [-0.25, -0.2) is 4.98 Å². The van der Waals surface area contributed by atoms with Crippen molar-refractivity contribution in [2.24, 2.45) is 0 Å². The molecule has 1 aromatic heterocycles. The maximum atomic E-state index is 4.27. The van der Waals surface area contributed by atoms with Crippen LogP contribution in [0.3, 0.4) is 0 Å². The van der Waals surface area contributed by atoms with Gasteiger partial charge < -0.3 is 5.32 Å². The van der Waals surface area contributed by atoms with Crippen molar-refractivity contribution < 1.29 is 0 Å². The molecule has 0 aliphatic heterocycles. The second-order valence-electron chi connectivity index (χ2n) is 3.97. The van der Waals surface area contributed by atoms with Crippen molar-refractivity contribution in [3.63, 3.8) is 0 Å². The lowest BCUT2D eigenvalue weighted by Crippen LogP contribution is -2.34. The van der Waals surface area contributed by atoms with Crippen LogP contribution in [0.15, 0.2) is 6.20 Å². The topological polar surface area (TPSA) is 24.9 Å². The lowest BCUT2D eigenvalue weighted by Gasteiger charge is -2.19. The molecule has 0 bridgehead atoms. The fourth-order valence-electron chi connectivity index (χ4n) is 0.824. The number of nitrogens with one attached hydrogen (secondary N) is 1. The van der Waals surface area contributed by atoms with Crippen LogP contribution >= 0.6 is 11.3 Å². The van der Waals surface area contributed by atoms with Crippen molar-refractivity contribution in [3.8, 4) is 0 Å². The Balaban J connectivity index is 2.44. The molecule has 0 atom stereocenters. The van der Waals surface area contributed by atoms with Crippen LogP contribution in [0.5, 0.6) is 0 Å². The van der Waals surface area contributed by atoms with E-state index in [2.05, 4.69) is 38.0 Å². The molecule has 1 heterocycles. The summed E-state index contributed by atoms with van der Waals surface area (Å²) in [7, 11) is 0. The molecule has 3 heteroatoms. The molecule has 0 saturated carbocycles. The quantitative estimate of drug-likeness (QED) is 0.763. The SMILES string of the molecule is Cc1cnc(CNC(C)(C)C)s1. The molecule has 1 rings (SSSR count). The molecule has 0 spiro atoms. The van der Waals surface area contributed by atoms with Crippen LogP contribution < -0.4 is 5.32 Å². The van der Waals surface area contributed by atoms with Crippen molar-refractivity contribution in [2.45, 2.75) is 39.8 Å². The largest absolute Gasteiger partial charge is 0.306 e. The molecule has 0 aliphatic carbocycles. The molecule has 0 saturated heterocycles. The first-order valence-electron chi connectivity index (χ1n) is 4.14. The molecular formula is C9H16N2S. The Hall–Kier alpha value is -0.410. The van der Waals surface area contributed by atoms with Gasteiger partial charge in [0.1, 0.15) is 5.01 Å². The molecule has 1 aromatic rings. The molecule has 2 nitrogen and oxygen atoms in total. The zero-order valence-electron chi connectivity index (χ0n) is 8.14. The van der Waals surface area contributed by atoms with Crippen molar-refractivity contribution in [1.82, 2.24) is 10.3 Å². The summed E-state index contributed by atoms with van der Waals surface area (Å²) in [6.07, 6.45) is 1.92. The van der Waals surface area contributed by atoms with Gasteiger partial charge in [0.25, 0.3) is 0 Å². The van der Waals surface area contributed by atoms with E-state index in [0.717, 1.165) is 6.54 Å². The minimum Gasteiger partial charge on any atom is -0.306 e. The van der Waals surface area contributed by atoms with Crippen molar-refractivity contribution in [1.29, 1.82) is 0 Å². The van der Waals surface area contributed by atoms with Crippen LogP contribution in [0.25, 0.3) is 0 Å².